The number of benzene rings is 3. The number of anilines is 1. The molecule has 0 saturated carbocycles. The second kappa shape index (κ2) is 12.0. The first-order chi connectivity index (χ1) is 18.8. The summed E-state index contributed by atoms with van der Waals surface area (Å²) in [6.45, 7) is 4.08. The van der Waals surface area contributed by atoms with Gasteiger partial charge in [0, 0.05) is 39.0 Å². The number of nitrogens with zero attached hydrogens (tertiary/aromatic N) is 2. The molecule has 0 radical (unpaired) electrons. The molecular weight excluding hydrogens is 534 g/mol. The molecule has 0 atom stereocenters. The van der Waals surface area contributed by atoms with E-state index in [1.54, 1.807) is 36.5 Å². The van der Waals surface area contributed by atoms with E-state index >= 15 is 0 Å². The minimum absolute atomic E-state index is 0.306. The smallest absolute Gasteiger partial charge is 0.203 e. The topological polar surface area (TPSA) is 93.5 Å². The number of halogens is 1. The molecule has 198 valence electrons. The lowest BCUT2D eigenvalue weighted by Gasteiger charge is -2.15. The maximum atomic E-state index is 13.6. The maximum absolute atomic E-state index is 13.6. The molecule has 4 rings (SSSR count). The summed E-state index contributed by atoms with van der Waals surface area (Å²) in [7, 11) is 4.46. The molecule has 1 heterocycles. The van der Waals surface area contributed by atoms with Gasteiger partial charge < -0.3 is 19.5 Å². The third kappa shape index (κ3) is 5.90. The standard InChI is InChI=1S/C30H26ClN3O4S/c1-17-6-8-22(18(2)10-17)25-16-39-30(34-25)20(14-32)15-33-24-9-7-21(31)13-23(24)28(35)19-11-26(36-3)29(38-5)27(12-19)37-4/h6-13,15-16,33H,1-5H3/b20-15+. The lowest BCUT2D eigenvalue weighted by atomic mass is 10.0. The monoisotopic (exact) mass is 559 g/mol. The van der Waals surface area contributed by atoms with Crippen molar-refractivity contribution in [2.24, 2.45) is 0 Å². The predicted octanol–water partition coefficient (Wildman–Crippen LogP) is 7.31. The normalized spacial score (nSPS) is 11.1. The van der Waals surface area contributed by atoms with Crippen LogP contribution < -0.4 is 19.5 Å². The number of rotatable bonds is 9. The average Bonchev–Trinajstić information content (AvgIpc) is 3.42. The van der Waals surface area contributed by atoms with E-state index in [9.17, 15) is 10.1 Å². The van der Waals surface area contributed by atoms with Crippen LogP contribution in [0.15, 0.2) is 60.1 Å². The quantitative estimate of drug-likeness (QED) is 0.170. The number of carbonyl (C=O) groups is 1. The minimum atomic E-state index is -0.322. The van der Waals surface area contributed by atoms with Crippen LogP contribution in [0.25, 0.3) is 16.8 Å². The summed E-state index contributed by atoms with van der Waals surface area (Å²) in [5, 5.41) is 15.9. The van der Waals surface area contributed by atoms with Crippen molar-refractivity contribution >= 4 is 40.0 Å². The van der Waals surface area contributed by atoms with Crippen LogP contribution in [0, 0.1) is 25.2 Å². The maximum Gasteiger partial charge on any atom is 0.203 e. The Morgan fingerprint density at radius 2 is 1.74 bits per heavy atom. The van der Waals surface area contributed by atoms with Crippen molar-refractivity contribution in [2.75, 3.05) is 26.6 Å². The van der Waals surface area contributed by atoms with Crippen molar-refractivity contribution in [2.45, 2.75) is 13.8 Å². The van der Waals surface area contributed by atoms with E-state index in [1.165, 1.54) is 38.2 Å². The highest BCUT2D eigenvalue weighted by molar-refractivity contribution is 7.11. The van der Waals surface area contributed by atoms with Gasteiger partial charge in [-0.25, -0.2) is 4.98 Å². The van der Waals surface area contributed by atoms with E-state index in [-0.39, 0.29) is 5.78 Å². The summed E-state index contributed by atoms with van der Waals surface area (Å²) in [6, 6.07) is 16.4. The number of ether oxygens (including phenoxy) is 3. The molecule has 0 bridgehead atoms. The van der Waals surface area contributed by atoms with Crippen LogP contribution >= 0.6 is 22.9 Å². The molecule has 0 aliphatic rings. The van der Waals surface area contributed by atoms with Gasteiger partial charge in [-0.2, -0.15) is 5.26 Å². The van der Waals surface area contributed by atoms with Crippen molar-refractivity contribution < 1.29 is 19.0 Å². The Bertz CT molecular complexity index is 1600. The zero-order chi connectivity index (χ0) is 28.1. The van der Waals surface area contributed by atoms with Gasteiger partial charge in [-0.3, -0.25) is 4.79 Å². The van der Waals surface area contributed by atoms with E-state index in [2.05, 4.69) is 22.4 Å². The summed E-state index contributed by atoms with van der Waals surface area (Å²) in [5.41, 5.74) is 5.53. The van der Waals surface area contributed by atoms with Crippen LogP contribution in [-0.4, -0.2) is 32.1 Å². The number of nitrogens with one attached hydrogen (secondary N) is 1. The molecule has 7 nitrogen and oxygen atoms in total. The van der Waals surface area contributed by atoms with Gasteiger partial charge in [0.1, 0.15) is 16.6 Å². The van der Waals surface area contributed by atoms with E-state index in [1.807, 2.05) is 31.4 Å². The molecule has 1 aromatic heterocycles. The fourth-order valence-electron chi connectivity index (χ4n) is 4.11. The molecule has 4 aromatic rings. The van der Waals surface area contributed by atoms with E-state index in [4.69, 9.17) is 25.8 Å². The Kier molecular flexibility index (Phi) is 8.55. The molecule has 0 amide bonds. The third-order valence-corrected chi connectivity index (χ3v) is 7.15. The lowest BCUT2D eigenvalue weighted by molar-refractivity contribution is 0.103. The van der Waals surface area contributed by atoms with Gasteiger partial charge in [0.2, 0.25) is 5.75 Å². The summed E-state index contributed by atoms with van der Waals surface area (Å²) in [4.78, 5) is 18.3. The SMILES string of the molecule is COc1cc(C(=O)c2cc(Cl)ccc2N/C=C(\C#N)c2nc(-c3ccc(C)cc3C)cs2)cc(OC)c1OC. The van der Waals surface area contributed by atoms with Crippen LogP contribution in [0.1, 0.15) is 32.1 Å². The van der Waals surface area contributed by atoms with E-state index in [0.29, 0.717) is 49.7 Å². The second-order valence-corrected chi connectivity index (χ2v) is 9.90. The molecule has 0 aliphatic carbocycles. The van der Waals surface area contributed by atoms with Gasteiger partial charge in [-0.05, 0) is 49.7 Å². The molecule has 0 unspecified atom stereocenters. The lowest BCUT2D eigenvalue weighted by Crippen LogP contribution is -2.07. The third-order valence-electron chi connectivity index (χ3n) is 6.04. The number of aryl methyl sites for hydroxylation is 2. The first-order valence-corrected chi connectivity index (χ1v) is 13.1. The van der Waals surface area contributed by atoms with Crippen molar-refractivity contribution in [1.29, 1.82) is 5.26 Å². The Balaban J connectivity index is 1.67. The van der Waals surface area contributed by atoms with Crippen LogP contribution in [0.4, 0.5) is 5.69 Å². The number of thiazole rings is 1. The molecule has 0 fully saturated rings. The van der Waals surface area contributed by atoms with E-state index < -0.39 is 0 Å². The van der Waals surface area contributed by atoms with Gasteiger partial charge in [-0.1, -0.05) is 35.4 Å². The van der Waals surface area contributed by atoms with E-state index in [0.717, 1.165) is 16.8 Å². The fraction of sp³-hybridized carbons (Fsp3) is 0.167. The number of carbonyl (C=O) groups excluding carboxylic acids is 1. The summed E-state index contributed by atoms with van der Waals surface area (Å²) in [6.07, 6.45) is 1.54. The van der Waals surface area contributed by atoms with Crippen LogP contribution in [0.5, 0.6) is 17.2 Å². The average molecular weight is 560 g/mol. The molecule has 9 heteroatoms. The number of hydrogen-bond acceptors (Lipinski definition) is 8. The van der Waals surface area contributed by atoms with Gasteiger partial charge in [0.15, 0.2) is 17.3 Å². The van der Waals surface area contributed by atoms with Crippen molar-refractivity contribution in [1.82, 2.24) is 4.98 Å². The zero-order valence-electron chi connectivity index (χ0n) is 22.1. The number of hydrogen-bond donors (Lipinski definition) is 1. The highest BCUT2D eigenvalue weighted by atomic mass is 35.5. The zero-order valence-corrected chi connectivity index (χ0v) is 23.7. The molecule has 1 N–H and O–H groups in total. The first kappa shape index (κ1) is 27.7. The minimum Gasteiger partial charge on any atom is -0.493 e. The van der Waals surface area contributed by atoms with Crippen LogP contribution in [0.2, 0.25) is 5.02 Å². The number of methoxy groups -OCH3 is 3. The number of nitriles is 1. The van der Waals surface area contributed by atoms with Crippen molar-refractivity contribution in [3.05, 3.63) is 92.4 Å². The number of ketones is 1. The summed E-state index contributed by atoms with van der Waals surface area (Å²) >= 11 is 7.63. The molecule has 0 aliphatic heterocycles. The molecular formula is C30H26ClN3O4S. The van der Waals surface area contributed by atoms with Crippen LogP contribution in [0.3, 0.4) is 0 Å². The van der Waals surface area contributed by atoms with Gasteiger partial charge >= 0.3 is 0 Å². The van der Waals surface area contributed by atoms with Gasteiger partial charge in [-0.15, -0.1) is 11.3 Å². The molecule has 39 heavy (non-hydrogen) atoms. The number of aromatic nitrogens is 1. The molecule has 3 aromatic carbocycles. The van der Waals surface area contributed by atoms with Gasteiger partial charge in [0.05, 0.1) is 27.0 Å². The Labute approximate surface area is 236 Å². The Morgan fingerprint density at radius 3 is 2.36 bits per heavy atom. The Morgan fingerprint density at radius 1 is 1.03 bits per heavy atom. The molecule has 0 saturated heterocycles. The van der Waals surface area contributed by atoms with Crippen molar-refractivity contribution in [3.8, 4) is 34.6 Å². The van der Waals surface area contributed by atoms with Crippen molar-refractivity contribution in [3.63, 3.8) is 0 Å². The largest absolute Gasteiger partial charge is 0.493 e. The highest BCUT2D eigenvalue weighted by Crippen LogP contribution is 2.39. The summed E-state index contributed by atoms with van der Waals surface area (Å²) < 4.78 is 16.2. The fourth-order valence-corrected chi connectivity index (χ4v) is 5.07. The number of allylic oxidation sites excluding steroid dienone is 1. The predicted molar refractivity (Wildman–Crippen MR) is 155 cm³/mol. The Hall–Kier alpha value is -4.32. The summed E-state index contributed by atoms with van der Waals surface area (Å²) in [5.74, 6) is 0.766. The first-order valence-electron chi connectivity index (χ1n) is 11.8. The molecule has 0 spiro atoms. The highest BCUT2D eigenvalue weighted by Gasteiger charge is 2.21. The van der Waals surface area contributed by atoms with Gasteiger partial charge in [0.25, 0.3) is 0 Å². The van der Waals surface area contributed by atoms with Crippen LogP contribution in [-0.2, 0) is 0 Å². The second-order valence-electron chi connectivity index (χ2n) is 8.60.